The van der Waals surface area contributed by atoms with E-state index < -0.39 is 5.60 Å². The maximum absolute atomic E-state index is 10.2. The van der Waals surface area contributed by atoms with Crippen molar-refractivity contribution in [2.24, 2.45) is 11.0 Å². The second-order valence-corrected chi connectivity index (χ2v) is 4.04. The van der Waals surface area contributed by atoms with E-state index in [1.54, 1.807) is 0 Å². The SMILES string of the molecule is [N-]=[N+]=NC[C@]1(O)CN2CCC1CC2. The molecule has 72 valence electrons. The minimum absolute atomic E-state index is 0.227. The molecule has 0 saturated carbocycles. The van der Waals surface area contributed by atoms with Crippen LogP contribution in [0.4, 0.5) is 0 Å². The summed E-state index contributed by atoms with van der Waals surface area (Å²) >= 11 is 0. The highest BCUT2D eigenvalue weighted by atomic mass is 16.3. The van der Waals surface area contributed by atoms with Crippen LogP contribution in [0.1, 0.15) is 12.8 Å². The highest BCUT2D eigenvalue weighted by Gasteiger charge is 2.44. The fourth-order valence-electron chi connectivity index (χ4n) is 2.48. The van der Waals surface area contributed by atoms with Crippen LogP contribution in [0.5, 0.6) is 0 Å². The van der Waals surface area contributed by atoms with Crippen molar-refractivity contribution in [3.63, 3.8) is 0 Å². The molecule has 1 N–H and O–H groups in total. The van der Waals surface area contributed by atoms with E-state index in [0.717, 1.165) is 25.9 Å². The van der Waals surface area contributed by atoms with E-state index in [9.17, 15) is 5.11 Å². The first kappa shape index (κ1) is 8.81. The fourth-order valence-corrected chi connectivity index (χ4v) is 2.48. The first-order valence-corrected chi connectivity index (χ1v) is 4.70. The first-order valence-electron chi connectivity index (χ1n) is 4.70. The third kappa shape index (κ3) is 1.50. The number of nitrogens with zero attached hydrogens (tertiary/aromatic N) is 4. The lowest BCUT2D eigenvalue weighted by molar-refractivity contribution is -0.104. The molecule has 1 atom stereocenters. The van der Waals surface area contributed by atoms with Crippen LogP contribution < -0.4 is 0 Å². The second-order valence-electron chi connectivity index (χ2n) is 4.04. The van der Waals surface area contributed by atoms with Gasteiger partial charge in [-0.05, 0) is 37.4 Å². The second kappa shape index (κ2) is 3.18. The number of rotatable bonds is 2. The summed E-state index contributed by atoms with van der Waals surface area (Å²) in [6.45, 7) is 3.08. The molecule has 0 spiro atoms. The van der Waals surface area contributed by atoms with Gasteiger partial charge in [0.1, 0.15) is 0 Å². The minimum Gasteiger partial charge on any atom is -0.388 e. The molecule has 3 aliphatic heterocycles. The van der Waals surface area contributed by atoms with Gasteiger partial charge in [-0.15, -0.1) is 0 Å². The first-order chi connectivity index (χ1) is 6.24. The summed E-state index contributed by atoms with van der Waals surface area (Å²) in [4.78, 5) is 4.95. The summed E-state index contributed by atoms with van der Waals surface area (Å²) in [7, 11) is 0. The lowest BCUT2D eigenvalue weighted by Gasteiger charge is -2.49. The molecule has 0 unspecified atom stereocenters. The molecule has 0 radical (unpaired) electrons. The molecule has 5 heteroatoms. The van der Waals surface area contributed by atoms with Gasteiger partial charge in [0.15, 0.2) is 0 Å². The van der Waals surface area contributed by atoms with Crippen LogP contribution in [-0.4, -0.2) is 41.8 Å². The number of hydrogen-bond donors (Lipinski definition) is 1. The zero-order chi connectivity index (χ0) is 9.31. The molecule has 0 amide bonds. The van der Waals surface area contributed by atoms with Gasteiger partial charge in [-0.25, -0.2) is 0 Å². The highest BCUT2D eigenvalue weighted by Crippen LogP contribution is 2.35. The zero-order valence-corrected chi connectivity index (χ0v) is 7.56. The maximum Gasteiger partial charge on any atom is 0.0859 e. The summed E-state index contributed by atoms with van der Waals surface area (Å²) in [5.41, 5.74) is 7.47. The predicted octanol–water partition coefficient (Wildman–Crippen LogP) is 0.753. The molecule has 3 rings (SSSR count). The molecular weight excluding hydrogens is 168 g/mol. The molecule has 13 heavy (non-hydrogen) atoms. The number of hydrogen-bond acceptors (Lipinski definition) is 3. The van der Waals surface area contributed by atoms with Gasteiger partial charge in [0.05, 0.1) is 12.1 Å². The average molecular weight is 182 g/mol. The standard InChI is InChI=1S/C8H14N4O/c9-11-10-5-8(13)6-12-3-1-7(8)2-4-12/h7,13H,1-6H2/t8-/m0/s1. The topological polar surface area (TPSA) is 72.2 Å². The molecule has 3 fully saturated rings. The Labute approximate surface area is 77.0 Å². The Balaban J connectivity index is 2.09. The van der Waals surface area contributed by atoms with Gasteiger partial charge in [-0.1, -0.05) is 5.11 Å². The van der Waals surface area contributed by atoms with Gasteiger partial charge in [0.2, 0.25) is 0 Å². The van der Waals surface area contributed by atoms with Gasteiger partial charge in [0, 0.05) is 11.5 Å². The van der Waals surface area contributed by atoms with Crippen molar-refractivity contribution >= 4 is 0 Å². The molecule has 3 saturated heterocycles. The normalized spacial score (nSPS) is 42.8. The van der Waals surface area contributed by atoms with Crippen LogP contribution in [0, 0.1) is 5.92 Å². The van der Waals surface area contributed by atoms with Crippen molar-refractivity contribution in [1.82, 2.24) is 4.90 Å². The summed E-state index contributed by atoms with van der Waals surface area (Å²) in [5.74, 6) is 0.336. The molecule has 5 nitrogen and oxygen atoms in total. The number of aliphatic hydroxyl groups is 1. The van der Waals surface area contributed by atoms with Gasteiger partial charge in [0.25, 0.3) is 0 Å². The van der Waals surface area contributed by atoms with E-state index in [1.807, 2.05) is 0 Å². The Morgan fingerprint density at radius 1 is 1.54 bits per heavy atom. The van der Waals surface area contributed by atoms with E-state index in [-0.39, 0.29) is 6.54 Å². The zero-order valence-electron chi connectivity index (χ0n) is 7.56. The summed E-state index contributed by atoms with van der Waals surface area (Å²) in [5, 5.41) is 13.7. The van der Waals surface area contributed by atoms with E-state index in [4.69, 9.17) is 5.53 Å². The van der Waals surface area contributed by atoms with Crippen LogP contribution >= 0.6 is 0 Å². The van der Waals surface area contributed by atoms with E-state index in [0.29, 0.717) is 12.5 Å². The van der Waals surface area contributed by atoms with Crippen molar-refractivity contribution < 1.29 is 5.11 Å². The Morgan fingerprint density at radius 2 is 2.23 bits per heavy atom. The van der Waals surface area contributed by atoms with Crippen LogP contribution in [0.25, 0.3) is 10.4 Å². The average Bonchev–Trinajstić information content (AvgIpc) is 2.16. The Morgan fingerprint density at radius 3 is 2.69 bits per heavy atom. The van der Waals surface area contributed by atoms with Crippen LogP contribution in [-0.2, 0) is 0 Å². The summed E-state index contributed by atoms with van der Waals surface area (Å²) < 4.78 is 0. The Hall–Kier alpha value is -0.770. The molecular formula is C8H14N4O. The van der Waals surface area contributed by atoms with Gasteiger partial charge >= 0.3 is 0 Å². The lowest BCUT2D eigenvalue weighted by Crippen LogP contribution is -2.60. The molecule has 3 heterocycles. The molecule has 3 aliphatic rings. The molecule has 0 aromatic rings. The van der Waals surface area contributed by atoms with E-state index in [2.05, 4.69) is 14.9 Å². The van der Waals surface area contributed by atoms with Gasteiger partial charge in [-0.2, -0.15) is 0 Å². The van der Waals surface area contributed by atoms with Crippen molar-refractivity contribution in [3.8, 4) is 0 Å². The van der Waals surface area contributed by atoms with Crippen LogP contribution in [0.15, 0.2) is 5.11 Å². The fraction of sp³-hybridized carbons (Fsp3) is 1.00. The van der Waals surface area contributed by atoms with Crippen molar-refractivity contribution in [2.75, 3.05) is 26.2 Å². The lowest BCUT2D eigenvalue weighted by atomic mass is 9.75. The summed E-state index contributed by atoms with van der Waals surface area (Å²) in [6.07, 6.45) is 2.08. The number of piperidine rings is 3. The van der Waals surface area contributed by atoms with Crippen molar-refractivity contribution in [3.05, 3.63) is 10.4 Å². The van der Waals surface area contributed by atoms with Gasteiger partial charge < -0.3 is 10.0 Å². The quantitative estimate of drug-likeness (QED) is 0.389. The van der Waals surface area contributed by atoms with E-state index >= 15 is 0 Å². The molecule has 0 aromatic heterocycles. The Bertz CT molecular complexity index is 243. The number of azide groups is 1. The monoisotopic (exact) mass is 182 g/mol. The maximum atomic E-state index is 10.2. The van der Waals surface area contributed by atoms with E-state index in [1.165, 1.54) is 0 Å². The largest absolute Gasteiger partial charge is 0.388 e. The van der Waals surface area contributed by atoms with Crippen LogP contribution in [0.2, 0.25) is 0 Å². The van der Waals surface area contributed by atoms with Crippen molar-refractivity contribution in [2.45, 2.75) is 18.4 Å². The highest BCUT2D eigenvalue weighted by molar-refractivity contribution is 4.99. The molecule has 0 aromatic carbocycles. The smallest absolute Gasteiger partial charge is 0.0859 e. The van der Waals surface area contributed by atoms with Crippen LogP contribution in [0.3, 0.4) is 0 Å². The van der Waals surface area contributed by atoms with Crippen molar-refractivity contribution in [1.29, 1.82) is 0 Å². The predicted molar refractivity (Wildman–Crippen MR) is 48.1 cm³/mol. The third-order valence-corrected chi connectivity index (χ3v) is 3.25. The number of fused-ring (bicyclic) bond motifs is 3. The molecule has 0 aliphatic carbocycles. The third-order valence-electron chi connectivity index (χ3n) is 3.25. The molecule has 2 bridgehead atoms. The van der Waals surface area contributed by atoms with Gasteiger partial charge in [-0.3, -0.25) is 0 Å². The summed E-state index contributed by atoms with van der Waals surface area (Å²) in [6, 6.07) is 0. The minimum atomic E-state index is -0.747. The Kier molecular flexibility index (Phi) is 2.15.